The van der Waals surface area contributed by atoms with Gasteiger partial charge in [0.1, 0.15) is 9.84 Å². The summed E-state index contributed by atoms with van der Waals surface area (Å²) >= 11 is 0. The molecule has 0 bridgehead atoms. The molecule has 22 heavy (non-hydrogen) atoms. The van der Waals surface area contributed by atoms with Crippen molar-refractivity contribution in [1.82, 2.24) is 15.5 Å². The molecular formula is C15H27N3O3S. The minimum absolute atomic E-state index is 0.111. The molecule has 0 saturated carbocycles. The van der Waals surface area contributed by atoms with Crippen LogP contribution in [0.4, 0.5) is 4.79 Å². The predicted octanol–water partition coefficient (Wildman–Crippen LogP) is 0.452. The number of rotatable bonds is 6. The Morgan fingerprint density at radius 1 is 1.36 bits per heavy atom. The molecule has 1 rings (SSSR count). The summed E-state index contributed by atoms with van der Waals surface area (Å²) in [5.74, 6) is 2.94. The van der Waals surface area contributed by atoms with E-state index in [1.54, 1.807) is 0 Å². The summed E-state index contributed by atoms with van der Waals surface area (Å²) < 4.78 is 22.3. The van der Waals surface area contributed by atoms with Gasteiger partial charge < -0.3 is 15.5 Å². The van der Waals surface area contributed by atoms with Gasteiger partial charge in [0, 0.05) is 31.9 Å². The van der Waals surface area contributed by atoms with Crippen molar-refractivity contribution in [2.45, 2.75) is 38.8 Å². The van der Waals surface area contributed by atoms with Crippen molar-refractivity contribution in [2.24, 2.45) is 5.92 Å². The van der Waals surface area contributed by atoms with Crippen molar-refractivity contribution in [1.29, 1.82) is 0 Å². The molecule has 0 aromatic carbocycles. The average molecular weight is 329 g/mol. The highest BCUT2D eigenvalue weighted by molar-refractivity contribution is 7.90. The highest BCUT2D eigenvalue weighted by Gasteiger charge is 2.22. The van der Waals surface area contributed by atoms with Crippen molar-refractivity contribution in [3.63, 3.8) is 0 Å². The van der Waals surface area contributed by atoms with Crippen molar-refractivity contribution in [3.8, 4) is 12.3 Å². The van der Waals surface area contributed by atoms with Crippen LogP contribution in [-0.4, -0.2) is 63.1 Å². The Morgan fingerprint density at radius 3 is 2.41 bits per heavy atom. The van der Waals surface area contributed by atoms with Crippen molar-refractivity contribution >= 4 is 15.9 Å². The topological polar surface area (TPSA) is 78.5 Å². The second-order valence-corrected chi connectivity index (χ2v) is 8.51. The average Bonchev–Trinajstić information content (AvgIpc) is 2.43. The molecule has 1 unspecified atom stereocenters. The lowest BCUT2D eigenvalue weighted by molar-refractivity contribution is 0.197. The lowest BCUT2D eigenvalue weighted by Crippen LogP contribution is -2.51. The molecule has 0 aromatic heterocycles. The summed E-state index contributed by atoms with van der Waals surface area (Å²) in [7, 11) is -2.92. The standard InChI is InChI=1S/C15H27N3O3S/c1-5-14(12(2)3)17-15(19)16-13-6-8-18(9-7-13)10-11-22(4,20)21/h1,12-14H,6-11H2,2-4H3,(H2,16,17,19). The maximum absolute atomic E-state index is 11.9. The molecule has 1 atom stereocenters. The third-order valence-corrected chi connectivity index (χ3v) is 4.76. The highest BCUT2D eigenvalue weighted by atomic mass is 32.2. The number of piperidine rings is 1. The number of hydrogen-bond donors (Lipinski definition) is 2. The van der Waals surface area contributed by atoms with E-state index in [4.69, 9.17) is 6.42 Å². The van der Waals surface area contributed by atoms with E-state index in [-0.39, 0.29) is 29.8 Å². The second-order valence-electron chi connectivity index (χ2n) is 6.25. The molecule has 1 fully saturated rings. The molecule has 6 nitrogen and oxygen atoms in total. The van der Waals surface area contributed by atoms with Crippen LogP contribution in [0, 0.1) is 18.3 Å². The van der Waals surface area contributed by atoms with Gasteiger partial charge in [-0.05, 0) is 18.8 Å². The first-order chi connectivity index (χ1) is 10.2. The number of amides is 2. The van der Waals surface area contributed by atoms with Gasteiger partial charge in [-0.15, -0.1) is 6.42 Å². The molecule has 0 radical (unpaired) electrons. The van der Waals surface area contributed by atoms with Crippen molar-refractivity contribution < 1.29 is 13.2 Å². The minimum atomic E-state index is -2.92. The number of nitrogens with zero attached hydrogens (tertiary/aromatic N) is 1. The van der Waals surface area contributed by atoms with E-state index < -0.39 is 9.84 Å². The summed E-state index contributed by atoms with van der Waals surface area (Å²) in [6.45, 7) is 6.08. The predicted molar refractivity (Wildman–Crippen MR) is 88.3 cm³/mol. The normalized spacial score (nSPS) is 18.7. The van der Waals surface area contributed by atoms with E-state index in [1.165, 1.54) is 6.26 Å². The lowest BCUT2D eigenvalue weighted by atomic mass is 10.0. The minimum Gasteiger partial charge on any atom is -0.335 e. The number of carbonyl (C=O) groups excluding carboxylic acids is 1. The highest BCUT2D eigenvalue weighted by Crippen LogP contribution is 2.10. The van der Waals surface area contributed by atoms with E-state index in [2.05, 4.69) is 21.5 Å². The largest absolute Gasteiger partial charge is 0.335 e. The number of sulfone groups is 1. The Balaban J connectivity index is 2.31. The van der Waals surface area contributed by atoms with E-state index >= 15 is 0 Å². The van der Waals surface area contributed by atoms with Crippen LogP contribution in [0.1, 0.15) is 26.7 Å². The zero-order valence-electron chi connectivity index (χ0n) is 13.6. The zero-order valence-corrected chi connectivity index (χ0v) is 14.4. The van der Waals surface area contributed by atoms with Gasteiger partial charge in [0.05, 0.1) is 11.8 Å². The fourth-order valence-corrected chi connectivity index (χ4v) is 2.95. The van der Waals surface area contributed by atoms with Crippen molar-refractivity contribution in [3.05, 3.63) is 0 Å². The molecule has 0 aliphatic carbocycles. The van der Waals surface area contributed by atoms with Crippen LogP contribution in [0.15, 0.2) is 0 Å². The maximum atomic E-state index is 11.9. The SMILES string of the molecule is C#CC(NC(=O)NC1CCN(CCS(C)(=O)=O)CC1)C(C)C. The van der Waals surface area contributed by atoms with E-state index in [0.717, 1.165) is 25.9 Å². The molecule has 1 saturated heterocycles. The Hall–Kier alpha value is -1.26. The summed E-state index contributed by atoms with van der Waals surface area (Å²) in [6, 6.07) is -0.388. The molecule has 126 valence electrons. The lowest BCUT2D eigenvalue weighted by Gasteiger charge is -2.32. The first kappa shape index (κ1) is 18.8. The first-order valence-corrected chi connectivity index (χ1v) is 9.70. The van der Waals surface area contributed by atoms with Crippen LogP contribution >= 0.6 is 0 Å². The van der Waals surface area contributed by atoms with Gasteiger partial charge in [0.25, 0.3) is 0 Å². The molecular weight excluding hydrogens is 302 g/mol. The molecule has 0 aromatic rings. The third-order valence-electron chi connectivity index (χ3n) is 3.83. The summed E-state index contributed by atoms with van der Waals surface area (Å²) in [6.07, 6.45) is 8.28. The number of terminal acetylenes is 1. The van der Waals surface area contributed by atoms with Crippen molar-refractivity contribution in [2.75, 3.05) is 31.6 Å². The second kappa shape index (κ2) is 8.39. The number of urea groups is 1. The summed E-state index contributed by atoms with van der Waals surface area (Å²) in [5, 5.41) is 5.73. The number of nitrogens with one attached hydrogen (secondary N) is 2. The van der Waals surface area contributed by atoms with Crippen LogP contribution in [0.5, 0.6) is 0 Å². The first-order valence-electron chi connectivity index (χ1n) is 7.64. The van der Waals surface area contributed by atoms with Crippen LogP contribution in [0.25, 0.3) is 0 Å². The summed E-state index contributed by atoms with van der Waals surface area (Å²) in [5.41, 5.74) is 0. The number of likely N-dealkylation sites (tertiary alicyclic amines) is 1. The third kappa shape index (κ3) is 7.14. The van der Waals surface area contributed by atoms with Crippen LogP contribution in [0.2, 0.25) is 0 Å². The number of hydrogen-bond acceptors (Lipinski definition) is 4. The molecule has 1 heterocycles. The van der Waals surface area contributed by atoms with Crippen LogP contribution in [0.3, 0.4) is 0 Å². The van der Waals surface area contributed by atoms with Crippen LogP contribution in [-0.2, 0) is 9.84 Å². The maximum Gasteiger partial charge on any atom is 0.315 e. The fourth-order valence-electron chi connectivity index (χ4n) is 2.36. The molecule has 1 aliphatic rings. The molecule has 7 heteroatoms. The summed E-state index contributed by atoms with van der Waals surface area (Å²) in [4.78, 5) is 14.0. The molecule has 2 amide bonds. The van der Waals surface area contributed by atoms with Gasteiger partial charge in [-0.2, -0.15) is 0 Å². The monoisotopic (exact) mass is 329 g/mol. The smallest absolute Gasteiger partial charge is 0.315 e. The Morgan fingerprint density at radius 2 is 1.95 bits per heavy atom. The Kier molecular flexibility index (Phi) is 7.17. The van der Waals surface area contributed by atoms with Gasteiger partial charge in [-0.25, -0.2) is 13.2 Å². The van der Waals surface area contributed by atoms with Gasteiger partial charge in [0.15, 0.2) is 0 Å². The van der Waals surface area contributed by atoms with E-state index in [0.29, 0.717) is 6.54 Å². The molecule has 0 spiro atoms. The molecule has 1 aliphatic heterocycles. The van der Waals surface area contributed by atoms with Gasteiger partial charge >= 0.3 is 6.03 Å². The van der Waals surface area contributed by atoms with Gasteiger partial charge in [-0.1, -0.05) is 19.8 Å². The zero-order chi connectivity index (χ0) is 16.8. The quantitative estimate of drug-likeness (QED) is 0.694. The Bertz CT molecular complexity index is 503. The van der Waals surface area contributed by atoms with Crippen LogP contribution < -0.4 is 10.6 Å². The number of carbonyl (C=O) groups is 1. The van der Waals surface area contributed by atoms with E-state index in [9.17, 15) is 13.2 Å². The van der Waals surface area contributed by atoms with E-state index in [1.807, 2.05) is 13.8 Å². The molecule has 2 N–H and O–H groups in total. The fraction of sp³-hybridized carbons (Fsp3) is 0.800. The van der Waals surface area contributed by atoms with Gasteiger partial charge in [0.2, 0.25) is 0 Å². The van der Waals surface area contributed by atoms with Gasteiger partial charge in [-0.3, -0.25) is 0 Å². The Labute approximate surface area is 133 Å².